The monoisotopic (exact) mass is 518 g/mol. The van der Waals surface area contributed by atoms with Gasteiger partial charge in [-0.05, 0) is 56.3 Å². The molecule has 2 N–H and O–H groups in total. The normalized spacial score (nSPS) is 12.9. The van der Waals surface area contributed by atoms with E-state index in [9.17, 15) is 40.7 Å². The number of esters is 1. The largest absolute Gasteiger partial charge is 0.466 e. The number of halogens is 4. The molecule has 0 bridgehead atoms. The van der Waals surface area contributed by atoms with Crippen molar-refractivity contribution in [3.63, 3.8) is 0 Å². The summed E-state index contributed by atoms with van der Waals surface area (Å²) in [7, 11) is -4.21. The predicted octanol–water partition coefficient (Wildman–Crippen LogP) is 3.45. The van der Waals surface area contributed by atoms with Gasteiger partial charge in [-0.1, -0.05) is 0 Å². The van der Waals surface area contributed by atoms with Gasteiger partial charge >= 0.3 is 12.1 Å². The second-order valence-electron chi connectivity index (χ2n) is 7.24. The summed E-state index contributed by atoms with van der Waals surface area (Å²) in [5.74, 6) is -3.27. The van der Waals surface area contributed by atoms with Crippen LogP contribution in [0.2, 0.25) is 0 Å². The topological polar surface area (TPSA) is 134 Å². The maximum Gasteiger partial charge on any atom is 0.417 e. The number of hydrogen-bond acceptors (Lipinski definition) is 7. The molecule has 13 heteroatoms. The number of ether oxygens (including phenoxy) is 1. The molecule has 0 aromatic heterocycles. The summed E-state index contributed by atoms with van der Waals surface area (Å²) in [5, 5.41) is 21.1. The van der Waals surface area contributed by atoms with Crippen molar-refractivity contribution in [2.75, 3.05) is 17.7 Å². The second-order valence-corrected chi connectivity index (χ2v) is 9.23. The molecule has 1 unspecified atom stereocenters. The average molecular weight is 518 g/mol. The Morgan fingerprint density at radius 1 is 1.14 bits per heavy atom. The van der Waals surface area contributed by atoms with E-state index in [0.29, 0.717) is 12.7 Å². The highest BCUT2D eigenvalue weighted by molar-refractivity contribution is 7.91. The molecule has 0 saturated carbocycles. The molecule has 1 amide bonds. The predicted molar refractivity (Wildman–Crippen MR) is 116 cm³/mol. The maximum atomic E-state index is 13.0. The van der Waals surface area contributed by atoms with Gasteiger partial charge in [-0.3, -0.25) is 9.59 Å². The fraction of sp³-hybridized carbons (Fsp3) is 0.318. The minimum absolute atomic E-state index is 0.211. The number of benzene rings is 2. The Morgan fingerprint density at radius 3 is 2.14 bits per heavy atom. The Morgan fingerprint density at radius 2 is 1.71 bits per heavy atom. The third-order valence-electron chi connectivity index (χ3n) is 4.18. The zero-order valence-electron chi connectivity index (χ0n) is 18.8. The molecule has 0 radical (unpaired) electrons. The Kier molecular flexibility index (Phi) is 9.93. The minimum Gasteiger partial charge on any atom is -0.466 e. The van der Waals surface area contributed by atoms with Gasteiger partial charge in [-0.25, -0.2) is 12.8 Å². The van der Waals surface area contributed by atoms with E-state index in [1.807, 2.05) is 5.32 Å². The minimum atomic E-state index is -4.86. The summed E-state index contributed by atoms with van der Waals surface area (Å²) < 4.78 is 81.0. The van der Waals surface area contributed by atoms with Crippen LogP contribution in [0.3, 0.4) is 0 Å². The Hall–Kier alpha value is -3.50. The molecule has 0 aliphatic rings. The molecule has 0 spiro atoms. The molecule has 2 rings (SSSR count). The maximum absolute atomic E-state index is 13.0. The van der Waals surface area contributed by atoms with E-state index >= 15 is 0 Å². The van der Waals surface area contributed by atoms with Crippen LogP contribution in [0.25, 0.3) is 0 Å². The molecule has 35 heavy (non-hydrogen) atoms. The Balaban J connectivity index is 0.000000905. The van der Waals surface area contributed by atoms with E-state index in [4.69, 9.17) is 5.26 Å². The quantitative estimate of drug-likeness (QED) is 0.340. The van der Waals surface area contributed by atoms with Crippen molar-refractivity contribution in [3.05, 3.63) is 59.4 Å². The summed E-state index contributed by atoms with van der Waals surface area (Å²) in [6.07, 6.45) is -4.86. The fourth-order valence-corrected chi connectivity index (χ4v) is 4.17. The number of nitrogens with one attached hydrogen (secondary N) is 1. The molecular weight excluding hydrogens is 496 g/mol. The Labute approximate surface area is 199 Å². The van der Waals surface area contributed by atoms with Crippen molar-refractivity contribution in [1.82, 2.24) is 0 Å². The molecule has 0 aliphatic heterocycles. The number of amides is 1. The van der Waals surface area contributed by atoms with Crippen molar-refractivity contribution in [2.45, 2.75) is 37.4 Å². The highest BCUT2D eigenvalue weighted by Gasteiger charge is 2.38. The first-order valence-corrected chi connectivity index (χ1v) is 11.5. The van der Waals surface area contributed by atoms with Gasteiger partial charge in [0.25, 0.3) is 5.91 Å². The van der Waals surface area contributed by atoms with Crippen LogP contribution < -0.4 is 5.32 Å². The molecule has 190 valence electrons. The highest BCUT2D eigenvalue weighted by Crippen LogP contribution is 2.33. The fourth-order valence-electron chi connectivity index (χ4n) is 2.58. The standard InChI is InChI=1S/C18H14F4N2O4S.C4H8O2/c1-17(26,10-29(27,28)14-6-3-12(19)4-7-14)16(25)24-13-5-2-11(9-23)15(8-13)18(20,21)22;1-3-6-4(2)5/h2-8,26H,10H2,1H3,(H,24,25);3H2,1-2H3. The number of anilines is 1. The number of hydrogen-bond donors (Lipinski definition) is 2. The number of nitriles is 1. The van der Waals surface area contributed by atoms with Crippen molar-refractivity contribution >= 4 is 27.4 Å². The zero-order valence-corrected chi connectivity index (χ0v) is 19.6. The van der Waals surface area contributed by atoms with Crippen LogP contribution in [-0.2, 0) is 30.3 Å². The van der Waals surface area contributed by atoms with Crippen LogP contribution in [0, 0.1) is 17.1 Å². The zero-order chi connectivity index (χ0) is 27.0. The van der Waals surface area contributed by atoms with Gasteiger partial charge in [0.1, 0.15) is 5.82 Å². The first kappa shape index (κ1) is 29.5. The number of carbonyl (C=O) groups excluding carboxylic acids is 2. The van der Waals surface area contributed by atoms with Crippen LogP contribution in [0.4, 0.5) is 23.2 Å². The van der Waals surface area contributed by atoms with Crippen LogP contribution in [-0.4, -0.2) is 43.4 Å². The number of rotatable bonds is 6. The lowest BCUT2D eigenvalue weighted by atomic mass is 10.1. The summed E-state index contributed by atoms with van der Waals surface area (Å²) in [6, 6.07) is 7.40. The van der Waals surface area contributed by atoms with Crippen LogP contribution in [0.5, 0.6) is 0 Å². The number of nitrogens with zero attached hydrogens (tertiary/aromatic N) is 1. The molecule has 0 saturated heterocycles. The average Bonchev–Trinajstić information content (AvgIpc) is 2.73. The van der Waals surface area contributed by atoms with Crippen molar-refractivity contribution in [1.29, 1.82) is 5.26 Å². The molecule has 1 atom stereocenters. The van der Waals surface area contributed by atoms with Crippen molar-refractivity contribution < 1.29 is 45.4 Å². The first-order chi connectivity index (χ1) is 16.0. The van der Waals surface area contributed by atoms with Gasteiger partial charge in [0.2, 0.25) is 0 Å². The number of alkyl halides is 3. The van der Waals surface area contributed by atoms with E-state index in [1.165, 1.54) is 13.0 Å². The molecular formula is C22H22F4N2O6S. The SMILES string of the molecule is CC(O)(CS(=O)(=O)c1ccc(F)cc1)C(=O)Nc1ccc(C#N)c(C(F)(F)F)c1.CCOC(C)=O. The van der Waals surface area contributed by atoms with Crippen LogP contribution in [0.15, 0.2) is 47.4 Å². The summed E-state index contributed by atoms with van der Waals surface area (Å²) in [6.45, 7) is 4.53. The van der Waals surface area contributed by atoms with E-state index in [-0.39, 0.29) is 16.6 Å². The molecule has 2 aromatic carbocycles. The third-order valence-corrected chi connectivity index (χ3v) is 6.12. The Bertz CT molecular complexity index is 1200. The molecule has 2 aromatic rings. The molecule has 0 fully saturated rings. The van der Waals surface area contributed by atoms with Gasteiger partial charge in [0.15, 0.2) is 15.4 Å². The third kappa shape index (κ3) is 8.99. The second kappa shape index (κ2) is 11.8. The van der Waals surface area contributed by atoms with Crippen molar-refractivity contribution in [3.8, 4) is 6.07 Å². The lowest BCUT2D eigenvalue weighted by Crippen LogP contribution is -2.45. The molecule has 0 aliphatic carbocycles. The number of carbonyl (C=O) groups is 2. The lowest BCUT2D eigenvalue weighted by molar-refractivity contribution is -0.140. The van der Waals surface area contributed by atoms with E-state index in [1.54, 1.807) is 6.92 Å². The smallest absolute Gasteiger partial charge is 0.417 e. The van der Waals surface area contributed by atoms with Gasteiger partial charge in [-0.15, -0.1) is 0 Å². The number of sulfone groups is 1. The van der Waals surface area contributed by atoms with Crippen LogP contribution in [0.1, 0.15) is 31.9 Å². The van der Waals surface area contributed by atoms with Crippen molar-refractivity contribution in [2.24, 2.45) is 0 Å². The number of aliphatic hydroxyl groups is 1. The van der Waals surface area contributed by atoms with Gasteiger partial charge in [0, 0.05) is 12.6 Å². The molecule has 8 nitrogen and oxygen atoms in total. The summed E-state index contributed by atoms with van der Waals surface area (Å²) in [4.78, 5) is 21.8. The van der Waals surface area contributed by atoms with Gasteiger partial charge in [-0.2, -0.15) is 18.4 Å². The van der Waals surface area contributed by atoms with Crippen LogP contribution >= 0.6 is 0 Å². The van der Waals surface area contributed by atoms with E-state index < -0.39 is 50.2 Å². The van der Waals surface area contributed by atoms with E-state index in [0.717, 1.165) is 43.3 Å². The van der Waals surface area contributed by atoms with E-state index in [2.05, 4.69) is 4.74 Å². The molecule has 0 heterocycles. The lowest BCUT2D eigenvalue weighted by Gasteiger charge is -2.22. The highest BCUT2D eigenvalue weighted by atomic mass is 32.2. The first-order valence-electron chi connectivity index (χ1n) is 9.80. The summed E-state index contributed by atoms with van der Waals surface area (Å²) >= 11 is 0. The van der Waals surface area contributed by atoms with Gasteiger partial charge in [0.05, 0.1) is 34.5 Å². The van der Waals surface area contributed by atoms with Gasteiger partial charge < -0.3 is 15.2 Å². The summed E-state index contributed by atoms with van der Waals surface area (Å²) in [5.41, 5.74) is -4.86.